The van der Waals surface area contributed by atoms with Gasteiger partial charge >= 0.3 is 0 Å². The summed E-state index contributed by atoms with van der Waals surface area (Å²) in [6, 6.07) is 6.27. The van der Waals surface area contributed by atoms with E-state index >= 15 is 0 Å². The first-order chi connectivity index (χ1) is 6.96. The molecule has 1 aliphatic rings. The van der Waals surface area contributed by atoms with Crippen LogP contribution in [0.3, 0.4) is 0 Å². The Morgan fingerprint density at radius 3 is 2.13 bits per heavy atom. The minimum atomic E-state index is -0.858. The number of benzene rings is 1. The zero-order chi connectivity index (χ0) is 11.1. The molecule has 0 unspecified atom stereocenters. The molecule has 1 aromatic rings. The van der Waals surface area contributed by atoms with Crippen molar-refractivity contribution in [2.45, 2.75) is 24.9 Å². The molecule has 0 amide bonds. The summed E-state index contributed by atoms with van der Waals surface area (Å²) in [5.41, 5.74) is -0.313. The van der Waals surface area contributed by atoms with E-state index in [9.17, 15) is 9.50 Å². The molecule has 1 saturated heterocycles. The Bertz CT molecular complexity index is 347. The van der Waals surface area contributed by atoms with Crippen LogP contribution < -0.4 is 0 Å². The van der Waals surface area contributed by atoms with E-state index in [-0.39, 0.29) is 11.2 Å². The fraction of sp³-hybridized carbons (Fsp3) is 0.500. The third kappa shape index (κ3) is 1.56. The Kier molecular flexibility index (Phi) is 2.32. The summed E-state index contributed by atoms with van der Waals surface area (Å²) in [5.74, 6) is -0.259. The second-order valence-corrected chi connectivity index (χ2v) is 4.64. The summed E-state index contributed by atoms with van der Waals surface area (Å²) in [6.07, 6.45) is 0. The number of aliphatic hydroxyl groups is 1. The smallest absolute Gasteiger partial charge is 0.123 e. The van der Waals surface area contributed by atoms with Crippen molar-refractivity contribution < 1.29 is 14.2 Å². The van der Waals surface area contributed by atoms with Gasteiger partial charge in [-0.15, -0.1) is 0 Å². The van der Waals surface area contributed by atoms with E-state index in [2.05, 4.69) is 0 Å². The predicted octanol–water partition coefficient (Wildman–Crippen LogP) is 1.86. The Labute approximate surface area is 88.7 Å². The molecule has 1 fully saturated rings. The van der Waals surface area contributed by atoms with E-state index in [0.717, 1.165) is 5.56 Å². The fourth-order valence-corrected chi connectivity index (χ4v) is 1.95. The molecular weight excluding hydrogens is 195 g/mol. The summed E-state index contributed by atoms with van der Waals surface area (Å²) in [5, 5.41) is 10.1. The number of hydrogen-bond donors (Lipinski definition) is 1. The van der Waals surface area contributed by atoms with Crippen LogP contribution in [0.25, 0.3) is 0 Å². The first-order valence-electron chi connectivity index (χ1n) is 5.02. The van der Waals surface area contributed by atoms with Gasteiger partial charge in [-0.1, -0.05) is 12.1 Å². The SMILES string of the molecule is CC(C)(O)C1(c2ccc(F)cc2)COC1. The van der Waals surface area contributed by atoms with Crippen molar-refractivity contribution >= 4 is 0 Å². The maximum absolute atomic E-state index is 12.8. The number of rotatable bonds is 2. The van der Waals surface area contributed by atoms with Gasteiger partial charge in [0, 0.05) is 0 Å². The van der Waals surface area contributed by atoms with Gasteiger partial charge in [0.05, 0.1) is 24.2 Å². The normalized spacial score (nSPS) is 19.7. The van der Waals surface area contributed by atoms with Crippen LogP contribution >= 0.6 is 0 Å². The van der Waals surface area contributed by atoms with Crippen molar-refractivity contribution in [1.82, 2.24) is 0 Å². The number of hydrogen-bond acceptors (Lipinski definition) is 2. The van der Waals surface area contributed by atoms with Crippen molar-refractivity contribution in [2.24, 2.45) is 0 Å². The third-order valence-electron chi connectivity index (χ3n) is 3.26. The quantitative estimate of drug-likeness (QED) is 0.807. The maximum atomic E-state index is 12.8. The van der Waals surface area contributed by atoms with E-state index in [0.29, 0.717) is 13.2 Å². The summed E-state index contributed by atoms with van der Waals surface area (Å²) >= 11 is 0. The highest BCUT2D eigenvalue weighted by atomic mass is 19.1. The van der Waals surface area contributed by atoms with Gasteiger partial charge in [0.15, 0.2) is 0 Å². The molecule has 1 aliphatic heterocycles. The monoisotopic (exact) mass is 210 g/mol. The summed E-state index contributed by atoms with van der Waals surface area (Å²) in [6.45, 7) is 4.50. The molecular formula is C12H15FO2. The van der Waals surface area contributed by atoms with Crippen LogP contribution in [0.4, 0.5) is 4.39 Å². The van der Waals surface area contributed by atoms with Gasteiger partial charge in [-0.05, 0) is 31.5 Å². The Hall–Kier alpha value is -0.930. The highest BCUT2D eigenvalue weighted by Gasteiger charge is 2.51. The lowest BCUT2D eigenvalue weighted by Crippen LogP contribution is -2.60. The van der Waals surface area contributed by atoms with Crippen LogP contribution in [0.15, 0.2) is 24.3 Å². The molecule has 0 radical (unpaired) electrons. The average molecular weight is 210 g/mol. The van der Waals surface area contributed by atoms with Gasteiger partial charge in [0.25, 0.3) is 0 Å². The maximum Gasteiger partial charge on any atom is 0.123 e. The van der Waals surface area contributed by atoms with E-state index in [1.54, 1.807) is 26.0 Å². The van der Waals surface area contributed by atoms with E-state index < -0.39 is 5.60 Å². The highest BCUT2D eigenvalue weighted by Crippen LogP contribution is 2.41. The molecule has 1 N–H and O–H groups in total. The van der Waals surface area contributed by atoms with Crippen LogP contribution in [0, 0.1) is 5.82 Å². The molecule has 0 atom stereocenters. The van der Waals surface area contributed by atoms with Gasteiger partial charge in [-0.25, -0.2) is 4.39 Å². The Morgan fingerprint density at radius 2 is 1.80 bits per heavy atom. The van der Waals surface area contributed by atoms with Crippen LogP contribution in [0.2, 0.25) is 0 Å². The van der Waals surface area contributed by atoms with Crippen molar-refractivity contribution in [3.63, 3.8) is 0 Å². The van der Waals surface area contributed by atoms with Crippen LogP contribution in [0.5, 0.6) is 0 Å². The lowest BCUT2D eigenvalue weighted by molar-refractivity contribution is -0.157. The van der Waals surface area contributed by atoms with E-state index in [1.807, 2.05) is 0 Å². The van der Waals surface area contributed by atoms with Crippen molar-refractivity contribution in [1.29, 1.82) is 0 Å². The number of halogens is 1. The molecule has 15 heavy (non-hydrogen) atoms. The fourth-order valence-electron chi connectivity index (χ4n) is 1.95. The molecule has 0 aliphatic carbocycles. The van der Waals surface area contributed by atoms with Gasteiger partial charge < -0.3 is 9.84 Å². The van der Waals surface area contributed by atoms with E-state index in [4.69, 9.17) is 4.74 Å². The summed E-state index contributed by atoms with van der Waals surface area (Å²) in [7, 11) is 0. The molecule has 0 bridgehead atoms. The summed E-state index contributed by atoms with van der Waals surface area (Å²) < 4.78 is 18.0. The van der Waals surface area contributed by atoms with Crippen molar-refractivity contribution in [2.75, 3.05) is 13.2 Å². The minimum absolute atomic E-state index is 0.259. The van der Waals surface area contributed by atoms with Crippen molar-refractivity contribution in [3.05, 3.63) is 35.6 Å². The molecule has 3 heteroatoms. The standard InChI is InChI=1S/C12H15FO2/c1-11(2,14)12(7-15-8-12)9-3-5-10(13)6-4-9/h3-6,14H,7-8H2,1-2H3. The summed E-state index contributed by atoms with van der Waals surface area (Å²) in [4.78, 5) is 0. The molecule has 0 saturated carbocycles. The largest absolute Gasteiger partial charge is 0.389 e. The first kappa shape index (κ1) is 10.6. The van der Waals surface area contributed by atoms with Crippen molar-refractivity contribution in [3.8, 4) is 0 Å². The molecule has 1 aromatic carbocycles. The number of ether oxygens (including phenoxy) is 1. The van der Waals surface area contributed by atoms with Gasteiger partial charge in [0.1, 0.15) is 5.82 Å². The van der Waals surface area contributed by atoms with Gasteiger partial charge in [-0.3, -0.25) is 0 Å². The zero-order valence-corrected chi connectivity index (χ0v) is 8.96. The lowest BCUT2D eigenvalue weighted by Gasteiger charge is -2.50. The van der Waals surface area contributed by atoms with Crippen LogP contribution in [-0.4, -0.2) is 23.9 Å². The molecule has 0 spiro atoms. The zero-order valence-electron chi connectivity index (χ0n) is 8.96. The molecule has 82 valence electrons. The average Bonchev–Trinajstić information content (AvgIpc) is 2.03. The second-order valence-electron chi connectivity index (χ2n) is 4.64. The topological polar surface area (TPSA) is 29.5 Å². The van der Waals surface area contributed by atoms with E-state index in [1.165, 1.54) is 12.1 Å². The van der Waals surface area contributed by atoms with Gasteiger partial charge in [-0.2, -0.15) is 0 Å². The minimum Gasteiger partial charge on any atom is -0.389 e. The first-order valence-corrected chi connectivity index (χ1v) is 5.02. The van der Waals surface area contributed by atoms with Crippen LogP contribution in [-0.2, 0) is 10.2 Å². The second kappa shape index (κ2) is 3.29. The molecule has 1 heterocycles. The Morgan fingerprint density at radius 1 is 1.27 bits per heavy atom. The molecule has 0 aromatic heterocycles. The predicted molar refractivity (Wildman–Crippen MR) is 55.2 cm³/mol. The van der Waals surface area contributed by atoms with Crippen LogP contribution in [0.1, 0.15) is 19.4 Å². The highest BCUT2D eigenvalue weighted by molar-refractivity contribution is 5.32. The Balaban J connectivity index is 2.39. The third-order valence-corrected chi connectivity index (χ3v) is 3.26. The van der Waals surface area contributed by atoms with Gasteiger partial charge in [0.2, 0.25) is 0 Å². The molecule has 2 rings (SSSR count). The molecule has 2 nitrogen and oxygen atoms in total. The lowest BCUT2D eigenvalue weighted by atomic mass is 9.67.